The van der Waals surface area contributed by atoms with Crippen LogP contribution in [0.2, 0.25) is 0 Å². The van der Waals surface area contributed by atoms with Gasteiger partial charge in [0.1, 0.15) is 0 Å². The van der Waals surface area contributed by atoms with Gasteiger partial charge in [0.2, 0.25) is 0 Å². The molecule has 0 unspecified atom stereocenters. The molecule has 2 aromatic heterocycles. The van der Waals surface area contributed by atoms with Crippen LogP contribution in [0.25, 0.3) is 5.65 Å². The van der Waals surface area contributed by atoms with Gasteiger partial charge in [-0.05, 0) is 0 Å². The normalized spacial score (nSPS) is 20.3. The number of hydrogen-bond acceptors (Lipinski definition) is 4. The van der Waals surface area contributed by atoms with Gasteiger partial charge in [-0.1, -0.05) is 0 Å². The molecule has 0 radical (unpaired) electrons. The predicted octanol–water partition coefficient (Wildman–Crippen LogP) is 2.20. The molecular formula is C13H15IN4O. The molecule has 2 aromatic rings. The fourth-order valence-electron chi connectivity index (χ4n) is 2.17. The number of halogens is 1. The molecular weight excluding hydrogens is 355 g/mol. The predicted molar refractivity (Wildman–Crippen MR) is 82.1 cm³/mol. The molecule has 1 saturated carbocycles. The fourth-order valence-corrected chi connectivity index (χ4v) is 6.11. The van der Waals surface area contributed by atoms with E-state index in [1.54, 1.807) is 10.7 Å². The molecule has 0 bridgehead atoms. The second-order valence-corrected chi connectivity index (χ2v) is 10.9. The summed E-state index contributed by atoms with van der Waals surface area (Å²) >= 11 is -1.01. The van der Waals surface area contributed by atoms with Crippen molar-refractivity contribution in [2.24, 2.45) is 0 Å². The second kappa shape index (κ2) is 4.43. The average Bonchev–Trinajstić information content (AvgIpc) is 3.05. The number of alkyl halides is 2. The third-order valence-electron chi connectivity index (χ3n) is 3.52. The van der Waals surface area contributed by atoms with Gasteiger partial charge >= 0.3 is 118 Å². The van der Waals surface area contributed by atoms with Crippen LogP contribution in [0.1, 0.15) is 29.6 Å². The van der Waals surface area contributed by atoms with Crippen LogP contribution in [0.15, 0.2) is 12.3 Å². The first kappa shape index (κ1) is 11.6. The molecule has 1 aliphatic carbocycles. The van der Waals surface area contributed by atoms with Crippen LogP contribution in [-0.2, 0) is 0 Å². The molecule has 0 spiro atoms. The minimum absolute atomic E-state index is 0.576. The van der Waals surface area contributed by atoms with Gasteiger partial charge in [0.05, 0.1) is 0 Å². The van der Waals surface area contributed by atoms with Gasteiger partial charge < -0.3 is 0 Å². The molecule has 1 saturated heterocycles. The Labute approximate surface area is 118 Å². The van der Waals surface area contributed by atoms with Crippen LogP contribution in [0.3, 0.4) is 0 Å². The van der Waals surface area contributed by atoms with Gasteiger partial charge in [0.15, 0.2) is 0 Å². The Morgan fingerprint density at radius 1 is 1.42 bits per heavy atom. The SMILES string of the molecule is O=Cc1cnn2c(NC3CC3)cc(I3CCC3)nc12. The van der Waals surface area contributed by atoms with Crippen LogP contribution in [0.5, 0.6) is 0 Å². The van der Waals surface area contributed by atoms with Gasteiger partial charge in [0.25, 0.3) is 0 Å². The molecule has 100 valence electrons. The summed E-state index contributed by atoms with van der Waals surface area (Å²) < 4.78 is 5.76. The zero-order chi connectivity index (χ0) is 12.8. The number of carbonyl (C=O) groups is 1. The van der Waals surface area contributed by atoms with Gasteiger partial charge in [-0.25, -0.2) is 0 Å². The number of aldehydes is 1. The molecule has 0 atom stereocenters. The summed E-state index contributed by atoms with van der Waals surface area (Å²) in [6.07, 6.45) is 6.27. The molecule has 4 rings (SSSR count). The minimum atomic E-state index is -1.01. The standard InChI is InChI=1S/C13H15IN4O/c19-8-9-7-15-18-12(16-10-2-3-10)6-11(17-13(9)18)14-4-1-5-14/h6-8,10,16H,1-5H2. The monoisotopic (exact) mass is 370 g/mol. The molecule has 2 aliphatic rings. The second-order valence-electron chi connectivity index (χ2n) is 5.02. The van der Waals surface area contributed by atoms with E-state index in [2.05, 4.69) is 16.5 Å². The Kier molecular flexibility index (Phi) is 2.71. The van der Waals surface area contributed by atoms with Gasteiger partial charge in [0, 0.05) is 0 Å². The average molecular weight is 370 g/mol. The van der Waals surface area contributed by atoms with E-state index in [1.165, 1.54) is 31.8 Å². The van der Waals surface area contributed by atoms with E-state index in [0.29, 0.717) is 11.6 Å². The van der Waals surface area contributed by atoms with Crippen molar-refractivity contribution in [3.05, 3.63) is 21.5 Å². The van der Waals surface area contributed by atoms with Crippen molar-refractivity contribution < 1.29 is 4.79 Å². The van der Waals surface area contributed by atoms with E-state index in [4.69, 9.17) is 4.98 Å². The molecule has 0 amide bonds. The Morgan fingerprint density at radius 2 is 2.26 bits per heavy atom. The van der Waals surface area contributed by atoms with Crippen LogP contribution < -0.4 is 5.32 Å². The number of nitrogens with one attached hydrogen (secondary N) is 1. The van der Waals surface area contributed by atoms with E-state index in [-0.39, 0.29) is 0 Å². The van der Waals surface area contributed by atoms with Gasteiger partial charge in [-0.15, -0.1) is 0 Å². The Bertz CT molecular complexity index is 645. The van der Waals surface area contributed by atoms with Crippen molar-refractivity contribution in [3.8, 4) is 0 Å². The van der Waals surface area contributed by atoms with Crippen molar-refractivity contribution in [2.45, 2.75) is 25.3 Å². The summed E-state index contributed by atoms with van der Waals surface area (Å²) in [6, 6.07) is 2.75. The van der Waals surface area contributed by atoms with Crippen LogP contribution in [0, 0.1) is 3.70 Å². The maximum absolute atomic E-state index is 11.1. The van der Waals surface area contributed by atoms with Crippen LogP contribution in [-0.4, -0.2) is 35.8 Å². The van der Waals surface area contributed by atoms with Crippen molar-refractivity contribution in [2.75, 3.05) is 14.2 Å². The number of fused-ring (bicyclic) bond motifs is 1. The fraction of sp³-hybridized carbons (Fsp3) is 0.462. The van der Waals surface area contributed by atoms with Crippen molar-refractivity contribution in [3.63, 3.8) is 0 Å². The molecule has 1 N–H and O–H groups in total. The van der Waals surface area contributed by atoms with Gasteiger partial charge in [-0.2, -0.15) is 0 Å². The summed E-state index contributed by atoms with van der Waals surface area (Å²) in [7, 11) is 0. The van der Waals surface area contributed by atoms with E-state index in [1.807, 2.05) is 0 Å². The Morgan fingerprint density at radius 3 is 2.89 bits per heavy atom. The number of anilines is 1. The van der Waals surface area contributed by atoms with Crippen molar-refractivity contribution in [1.82, 2.24) is 14.6 Å². The zero-order valence-corrected chi connectivity index (χ0v) is 12.6. The molecule has 6 heteroatoms. The number of aromatic nitrogens is 3. The summed E-state index contributed by atoms with van der Waals surface area (Å²) in [5.41, 5.74) is 1.32. The third-order valence-corrected chi connectivity index (χ3v) is 9.77. The zero-order valence-electron chi connectivity index (χ0n) is 10.5. The van der Waals surface area contributed by atoms with E-state index in [0.717, 1.165) is 17.8 Å². The molecule has 1 aliphatic heterocycles. The van der Waals surface area contributed by atoms with E-state index >= 15 is 0 Å². The first-order valence-electron chi connectivity index (χ1n) is 6.57. The number of rotatable bonds is 4. The molecule has 5 nitrogen and oxygen atoms in total. The summed E-state index contributed by atoms with van der Waals surface area (Å²) in [5, 5.41) is 7.80. The number of carbonyl (C=O) groups excluding carboxylic acids is 1. The molecule has 19 heavy (non-hydrogen) atoms. The molecule has 0 aromatic carbocycles. The van der Waals surface area contributed by atoms with Crippen LogP contribution in [0.4, 0.5) is 5.82 Å². The van der Waals surface area contributed by atoms with E-state index in [9.17, 15) is 4.79 Å². The van der Waals surface area contributed by atoms with Crippen molar-refractivity contribution in [1.29, 1.82) is 0 Å². The number of hydrogen-bond donors (Lipinski definition) is 1. The summed E-state index contributed by atoms with van der Waals surface area (Å²) in [4.78, 5) is 15.8. The summed E-state index contributed by atoms with van der Waals surface area (Å²) in [5.74, 6) is 1.01. The molecule has 2 fully saturated rings. The van der Waals surface area contributed by atoms with Crippen LogP contribution >= 0.6 is 19.8 Å². The Balaban J connectivity index is 1.85. The Hall–Kier alpha value is -1.18. The topological polar surface area (TPSA) is 59.3 Å². The first-order valence-corrected chi connectivity index (χ1v) is 10.7. The third kappa shape index (κ3) is 2.01. The maximum atomic E-state index is 11.1. The summed E-state index contributed by atoms with van der Waals surface area (Å²) in [6.45, 7) is 0. The first-order chi connectivity index (χ1) is 9.35. The quantitative estimate of drug-likeness (QED) is 0.388. The number of nitrogens with zero attached hydrogens (tertiary/aromatic N) is 3. The van der Waals surface area contributed by atoms with E-state index < -0.39 is 19.8 Å². The van der Waals surface area contributed by atoms with Gasteiger partial charge in [-0.3, -0.25) is 0 Å². The molecule has 3 heterocycles. The van der Waals surface area contributed by atoms with Crippen molar-refractivity contribution >= 4 is 37.6 Å².